The van der Waals surface area contributed by atoms with Crippen molar-refractivity contribution in [2.75, 3.05) is 7.05 Å². The summed E-state index contributed by atoms with van der Waals surface area (Å²) in [5.74, 6) is 1.88. The average molecular weight is 294 g/mol. The lowest BCUT2D eigenvalue weighted by Crippen LogP contribution is -2.10. The predicted molar refractivity (Wildman–Crippen MR) is 74.1 cm³/mol. The fourth-order valence-corrected chi connectivity index (χ4v) is 1.93. The van der Waals surface area contributed by atoms with Gasteiger partial charge < -0.3 is 9.73 Å². The lowest BCUT2D eigenvalue weighted by Gasteiger charge is -2.06. The van der Waals surface area contributed by atoms with Gasteiger partial charge in [0.2, 0.25) is 0 Å². The van der Waals surface area contributed by atoms with E-state index in [9.17, 15) is 0 Å². The van der Waals surface area contributed by atoms with Crippen LogP contribution in [0.4, 0.5) is 0 Å². The summed E-state index contributed by atoms with van der Waals surface area (Å²) in [5.41, 5.74) is 2.32. The fourth-order valence-electron chi connectivity index (χ4n) is 1.68. The van der Waals surface area contributed by atoms with Crippen molar-refractivity contribution in [1.82, 2.24) is 5.32 Å². The van der Waals surface area contributed by atoms with Crippen LogP contribution in [0.2, 0.25) is 0 Å². The van der Waals surface area contributed by atoms with Gasteiger partial charge in [0.15, 0.2) is 0 Å². The lowest BCUT2D eigenvalue weighted by molar-refractivity contribution is 0.458. The highest BCUT2D eigenvalue weighted by molar-refractivity contribution is 9.10. The maximum absolute atomic E-state index is 5.84. The fraction of sp³-hybridized carbons (Fsp3) is 0.286. The van der Waals surface area contributed by atoms with Gasteiger partial charge in [-0.25, -0.2) is 0 Å². The van der Waals surface area contributed by atoms with Crippen LogP contribution < -0.4 is 5.32 Å². The monoisotopic (exact) mass is 293 g/mol. The lowest BCUT2D eigenvalue weighted by atomic mass is 10.1. The third kappa shape index (κ3) is 2.61. The third-order valence-electron chi connectivity index (χ3n) is 2.93. The number of benzene rings is 1. The topological polar surface area (TPSA) is 25.2 Å². The predicted octanol–water partition coefficient (Wildman–Crippen LogP) is 4.30. The summed E-state index contributed by atoms with van der Waals surface area (Å²) < 4.78 is 6.96. The van der Waals surface area contributed by atoms with Gasteiger partial charge >= 0.3 is 0 Å². The summed E-state index contributed by atoms with van der Waals surface area (Å²) in [6.45, 7) is 4.16. The van der Waals surface area contributed by atoms with Gasteiger partial charge in [-0.3, -0.25) is 0 Å². The molecular formula is C14H16BrNO. The Labute approximate surface area is 110 Å². The van der Waals surface area contributed by atoms with Gasteiger partial charge in [-0.05, 0) is 50.7 Å². The van der Waals surface area contributed by atoms with Crippen molar-refractivity contribution in [2.24, 2.45) is 0 Å². The van der Waals surface area contributed by atoms with Crippen molar-refractivity contribution in [2.45, 2.75) is 19.9 Å². The molecule has 0 saturated heterocycles. The van der Waals surface area contributed by atoms with Crippen molar-refractivity contribution < 1.29 is 4.42 Å². The van der Waals surface area contributed by atoms with E-state index in [2.05, 4.69) is 47.2 Å². The van der Waals surface area contributed by atoms with Crippen LogP contribution >= 0.6 is 15.9 Å². The van der Waals surface area contributed by atoms with E-state index < -0.39 is 0 Å². The summed E-state index contributed by atoms with van der Waals surface area (Å²) in [4.78, 5) is 0. The Morgan fingerprint density at radius 2 is 2.00 bits per heavy atom. The molecule has 17 heavy (non-hydrogen) atoms. The molecule has 0 aliphatic carbocycles. The van der Waals surface area contributed by atoms with Gasteiger partial charge in [-0.1, -0.05) is 22.0 Å². The average Bonchev–Trinajstić information content (AvgIpc) is 2.81. The molecule has 2 rings (SSSR count). The standard InChI is InChI=1S/C14H16BrNO/c1-9-8-11(4-5-12(9)15)14-7-6-13(17-14)10(2)16-3/h4-8,10,16H,1-3H3. The Hall–Kier alpha value is -1.06. The first kappa shape index (κ1) is 12.4. The summed E-state index contributed by atoms with van der Waals surface area (Å²) >= 11 is 3.50. The van der Waals surface area contributed by atoms with E-state index in [0.29, 0.717) is 0 Å². The molecule has 1 atom stereocenters. The highest BCUT2D eigenvalue weighted by Crippen LogP contribution is 2.28. The van der Waals surface area contributed by atoms with E-state index in [-0.39, 0.29) is 6.04 Å². The molecule has 0 aliphatic heterocycles. The molecule has 0 aliphatic rings. The van der Waals surface area contributed by atoms with E-state index in [0.717, 1.165) is 21.6 Å². The summed E-state index contributed by atoms with van der Waals surface area (Å²) in [5, 5.41) is 3.17. The molecule has 2 nitrogen and oxygen atoms in total. The minimum Gasteiger partial charge on any atom is -0.459 e. The SMILES string of the molecule is CNC(C)c1ccc(-c2ccc(Br)c(C)c2)o1. The number of aryl methyl sites for hydroxylation is 1. The molecule has 0 bridgehead atoms. The molecule has 1 aromatic heterocycles. The summed E-state index contributed by atoms with van der Waals surface area (Å²) in [7, 11) is 1.93. The van der Waals surface area contributed by atoms with E-state index in [1.165, 1.54) is 5.56 Å². The van der Waals surface area contributed by atoms with Crippen molar-refractivity contribution >= 4 is 15.9 Å². The van der Waals surface area contributed by atoms with Crippen LogP contribution in [-0.2, 0) is 0 Å². The van der Waals surface area contributed by atoms with Crippen LogP contribution in [0.25, 0.3) is 11.3 Å². The molecule has 0 fully saturated rings. The number of hydrogen-bond acceptors (Lipinski definition) is 2. The zero-order chi connectivity index (χ0) is 12.4. The number of furan rings is 1. The van der Waals surface area contributed by atoms with E-state index in [4.69, 9.17) is 4.42 Å². The molecular weight excluding hydrogens is 278 g/mol. The quantitative estimate of drug-likeness (QED) is 0.913. The summed E-state index contributed by atoms with van der Waals surface area (Å²) in [6.07, 6.45) is 0. The molecule has 0 amide bonds. The first-order valence-corrected chi connectivity index (χ1v) is 6.44. The zero-order valence-corrected chi connectivity index (χ0v) is 11.8. The Balaban J connectivity index is 2.33. The molecule has 0 spiro atoms. The molecule has 3 heteroatoms. The van der Waals surface area contributed by atoms with Gasteiger partial charge in [-0.2, -0.15) is 0 Å². The largest absolute Gasteiger partial charge is 0.459 e. The Morgan fingerprint density at radius 1 is 1.24 bits per heavy atom. The van der Waals surface area contributed by atoms with Crippen LogP contribution in [0.1, 0.15) is 24.3 Å². The smallest absolute Gasteiger partial charge is 0.134 e. The molecule has 2 aromatic rings. The van der Waals surface area contributed by atoms with Crippen LogP contribution in [0.5, 0.6) is 0 Å². The normalized spacial score (nSPS) is 12.7. The van der Waals surface area contributed by atoms with E-state index in [1.807, 2.05) is 25.2 Å². The molecule has 0 saturated carbocycles. The number of halogens is 1. The van der Waals surface area contributed by atoms with Crippen LogP contribution in [0.3, 0.4) is 0 Å². The van der Waals surface area contributed by atoms with Crippen molar-refractivity contribution in [3.8, 4) is 11.3 Å². The van der Waals surface area contributed by atoms with Gasteiger partial charge in [0, 0.05) is 10.0 Å². The zero-order valence-electron chi connectivity index (χ0n) is 10.3. The van der Waals surface area contributed by atoms with E-state index in [1.54, 1.807) is 0 Å². The molecule has 1 unspecified atom stereocenters. The van der Waals surface area contributed by atoms with Crippen LogP contribution in [0, 0.1) is 6.92 Å². The second-order valence-electron chi connectivity index (χ2n) is 4.18. The van der Waals surface area contributed by atoms with Gasteiger partial charge in [0.25, 0.3) is 0 Å². The molecule has 90 valence electrons. The van der Waals surface area contributed by atoms with Gasteiger partial charge in [0.05, 0.1) is 6.04 Å². The Bertz CT molecular complexity index is 519. The highest BCUT2D eigenvalue weighted by atomic mass is 79.9. The molecule has 0 radical (unpaired) electrons. The minimum absolute atomic E-state index is 0.236. The minimum atomic E-state index is 0.236. The second-order valence-corrected chi connectivity index (χ2v) is 5.03. The van der Waals surface area contributed by atoms with Crippen molar-refractivity contribution in [3.63, 3.8) is 0 Å². The first-order chi connectivity index (χ1) is 8.11. The number of nitrogens with one attached hydrogen (secondary N) is 1. The first-order valence-electron chi connectivity index (χ1n) is 5.65. The van der Waals surface area contributed by atoms with Crippen LogP contribution in [-0.4, -0.2) is 7.05 Å². The molecule has 1 heterocycles. The van der Waals surface area contributed by atoms with Crippen LogP contribution in [0.15, 0.2) is 39.2 Å². The van der Waals surface area contributed by atoms with Gasteiger partial charge in [-0.15, -0.1) is 0 Å². The van der Waals surface area contributed by atoms with Crippen molar-refractivity contribution in [1.29, 1.82) is 0 Å². The van der Waals surface area contributed by atoms with Crippen molar-refractivity contribution in [3.05, 3.63) is 46.1 Å². The molecule has 1 N–H and O–H groups in total. The Morgan fingerprint density at radius 3 is 2.65 bits per heavy atom. The second kappa shape index (κ2) is 5.07. The Kier molecular flexibility index (Phi) is 3.69. The highest BCUT2D eigenvalue weighted by Gasteiger charge is 2.10. The number of hydrogen-bond donors (Lipinski definition) is 1. The molecule has 1 aromatic carbocycles. The summed E-state index contributed by atoms with van der Waals surface area (Å²) in [6, 6.07) is 10.5. The third-order valence-corrected chi connectivity index (χ3v) is 3.82. The number of rotatable bonds is 3. The maximum Gasteiger partial charge on any atom is 0.134 e. The van der Waals surface area contributed by atoms with Gasteiger partial charge in [0.1, 0.15) is 11.5 Å². The van der Waals surface area contributed by atoms with E-state index >= 15 is 0 Å². The maximum atomic E-state index is 5.84.